The van der Waals surface area contributed by atoms with Crippen LogP contribution < -0.4 is 11.1 Å². The maximum atomic E-state index is 11.2. The number of likely N-dealkylation sites (N-methyl/N-ethyl adjacent to an activating group) is 1. The molecule has 0 radical (unpaired) electrons. The number of carbonyl (C=O) groups is 1. The molecule has 0 bridgehead atoms. The van der Waals surface area contributed by atoms with E-state index in [1.54, 1.807) is 7.05 Å². The van der Waals surface area contributed by atoms with Crippen molar-refractivity contribution in [3.63, 3.8) is 0 Å². The molecule has 1 amide bonds. The molecular formula is C5H8N6O. The molecule has 0 saturated carbocycles. The predicted molar refractivity (Wildman–Crippen MR) is 40.0 cm³/mol. The molecule has 0 aromatic rings. The summed E-state index contributed by atoms with van der Waals surface area (Å²) in [5.41, 5.74) is 5.35. The molecule has 0 aromatic heterocycles. The number of nitrogens with one attached hydrogen (secondary N) is 1. The average Bonchev–Trinajstić information content (AvgIpc) is 2.33. The highest BCUT2D eigenvalue weighted by molar-refractivity contribution is 6.01. The molecule has 12 heavy (non-hydrogen) atoms. The minimum absolute atomic E-state index is 0.125. The molecule has 3 N–H and O–H groups in total. The summed E-state index contributed by atoms with van der Waals surface area (Å²) in [4.78, 5) is 15.2. The topological polar surface area (TPSA) is 95.4 Å². The van der Waals surface area contributed by atoms with E-state index in [0.29, 0.717) is 0 Å². The van der Waals surface area contributed by atoms with Gasteiger partial charge in [0.05, 0.1) is 0 Å². The van der Waals surface area contributed by atoms with Gasteiger partial charge in [0.1, 0.15) is 0 Å². The van der Waals surface area contributed by atoms with E-state index in [1.807, 2.05) is 0 Å². The summed E-state index contributed by atoms with van der Waals surface area (Å²) in [6.45, 7) is 0. The van der Waals surface area contributed by atoms with E-state index in [-0.39, 0.29) is 18.0 Å². The maximum Gasteiger partial charge on any atom is 0.257 e. The van der Waals surface area contributed by atoms with Crippen LogP contribution in [-0.2, 0) is 4.79 Å². The zero-order valence-electron chi connectivity index (χ0n) is 6.43. The van der Waals surface area contributed by atoms with Crippen LogP contribution in [0.1, 0.15) is 0 Å². The smallest absolute Gasteiger partial charge is 0.257 e. The van der Waals surface area contributed by atoms with E-state index in [9.17, 15) is 4.79 Å². The van der Waals surface area contributed by atoms with Crippen molar-refractivity contribution >= 4 is 11.9 Å². The van der Waals surface area contributed by atoms with Crippen molar-refractivity contribution in [2.45, 2.75) is 12.2 Å². The minimum atomic E-state index is -0.540. The van der Waals surface area contributed by atoms with Crippen LogP contribution in [0.25, 0.3) is 0 Å². The molecule has 0 spiro atoms. The number of nitrogens with two attached hydrogens (primary N) is 1. The summed E-state index contributed by atoms with van der Waals surface area (Å²) < 4.78 is 0. The van der Waals surface area contributed by atoms with Gasteiger partial charge in [0, 0.05) is 7.05 Å². The van der Waals surface area contributed by atoms with Gasteiger partial charge in [-0.05, 0) is 0 Å². The number of carbonyl (C=O) groups excluding carboxylic acids is 1. The lowest BCUT2D eigenvalue weighted by atomic mass is 10.2. The molecule has 2 atom stereocenters. The lowest BCUT2D eigenvalue weighted by molar-refractivity contribution is -0.122. The van der Waals surface area contributed by atoms with E-state index in [0.717, 1.165) is 0 Å². The van der Waals surface area contributed by atoms with Gasteiger partial charge >= 0.3 is 0 Å². The molecule has 2 rings (SSSR count). The van der Waals surface area contributed by atoms with Gasteiger partial charge in [-0.15, -0.1) is 0 Å². The monoisotopic (exact) mass is 168 g/mol. The fraction of sp³-hybridized carbons (Fsp3) is 0.600. The van der Waals surface area contributed by atoms with Gasteiger partial charge in [-0.2, -0.15) is 5.11 Å². The van der Waals surface area contributed by atoms with Gasteiger partial charge in [0.15, 0.2) is 18.2 Å². The second kappa shape index (κ2) is 2.16. The highest BCUT2D eigenvalue weighted by atomic mass is 16.2. The van der Waals surface area contributed by atoms with E-state index in [2.05, 4.69) is 20.6 Å². The molecule has 2 heterocycles. The third kappa shape index (κ3) is 0.825. The van der Waals surface area contributed by atoms with Gasteiger partial charge in [-0.25, -0.2) is 4.99 Å². The molecular weight excluding hydrogens is 160 g/mol. The van der Waals surface area contributed by atoms with E-state index >= 15 is 0 Å². The fourth-order valence-electron chi connectivity index (χ4n) is 1.17. The van der Waals surface area contributed by atoms with Gasteiger partial charge in [-0.3, -0.25) is 15.1 Å². The zero-order chi connectivity index (χ0) is 8.72. The van der Waals surface area contributed by atoms with Gasteiger partial charge in [0.2, 0.25) is 0 Å². The summed E-state index contributed by atoms with van der Waals surface area (Å²) in [5.74, 6) is -0.124. The Balaban J connectivity index is 2.32. The third-order valence-corrected chi connectivity index (χ3v) is 1.77. The number of aliphatic imine (C=N–C) groups is 1. The largest absolute Gasteiger partial charge is 0.370 e. The number of hydrogen-bond donors (Lipinski definition) is 2. The van der Waals surface area contributed by atoms with Crippen LogP contribution in [0.5, 0.6) is 0 Å². The van der Waals surface area contributed by atoms with Crippen molar-refractivity contribution in [1.29, 1.82) is 0 Å². The van der Waals surface area contributed by atoms with Crippen LogP contribution in [0.3, 0.4) is 0 Å². The summed E-state index contributed by atoms with van der Waals surface area (Å²) in [5, 5.41) is 11.3. The summed E-state index contributed by atoms with van der Waals surface area (Å²) in [6.07, 6.45) is -0.362. The number of amides is 1. The van der Waals surface area contributed by atoms with Crippen molar-refractivity contribution in [1.82, 2.24) is 10.3 Å². The third-order valence-electron chi connectivity index (χ3n) is 1.77. The Morgan fingerprint density at radius 2 is 2.42 bits per heavy atom. The average molecular weight is 168 g/mol. The molecule has 0 fully saturated rings. The predicted octanol–water partition coefficient (Wildman–Crippen LogP) is -1.56. The Morgan fingerprint density at radius 1 is 1.67 bits per heavy atom. The molecule has 0 saturated heterocycles. The highest BCUT2D eigenvalue weighted by Crippen LogP contribution is 2.18. The maximum absolute atomic E-state index is 11.2. The number of guanidine groups is 1. The van der Waals surface area contributed by atoms with Crippen molar-refractivity contribution in [2.24, 2.45) is 21.1 Å². The first kappa shape index (κ1) is 7.01. The quantitative estimate of drug-likeness (QED) is 0.457. The highest BCUT2D eigenvalue weighted by Gasteiger charge is 2.39. The number of hydrogen-bond acceptors (Lipinski definition) is 6. The van der Waals surface area contributed by atoms with E-state index < -0.39 is 6.04 Å². The fourth-order valence-corrected chi connectivity index (χ4v) is 1.17. The summed E-state index contributed by atoms with van der Waals surface area (Å²) in [6, 6.07) is -0.540. The number of fused-ring (bicyclic) bond motifs is 1. The van der Waals surface area contributed by atoms with Crippen molar-refractivity contribution < 1.29 is 4.79 Å². The summed E-state index contributed by atoms with van der Waals surface area (Å²) >= 11 is 0. The van der Waals surface area contributed by atoms with E-state index in [1.165, 1.54) is 5.01 Å². The van der Waals surface area contributed by atoms with Crippen LogP contribution in [0, 0.1) is 0 Å². The SMILES string of the molecule is CN1N=NC2C(=O)NC(N)=NC21. The second-order valence-electron chi connectivity index (χ2n) is 2.64. The molecule has 2 unspecified atom stereocenters. The number of rotatable bonds is 0. The van der Waals surface area contributed by atoms with Gasteiger partial charge in [0.25, 0.3) is 5.91 Å². The Bertz CT molecular complexity index is 284. The molecule has 0 aliphatic carbocycles. The van der Waals surface area contributed by atoms with Crippen molar-refractivity contribution in [3.05, 3.63) is 0 Å². The van der Waals surface area contributed by atoms with Crippen LogP contribution >= 0.6 is 0 Å². The van der Waals surface area contributed by atoms with Gasteiger partial charge in [-0.1, -0.05) is 5.22 Å². The molecule has 7 nitrogen and oxygen atoms in total. The van der Waals surface area contributed by atoms with Gasteiger partial charge < -0.3 is 5.73 Å². The van der Waals surface area contributed by atoms with Crippen molar-refractivity contribution in [3.8, 4) is 0 Å². The molecule has 64 valence electrons. The second-order valence-corrected chi connectivity index (χ2v) is 2.64. The van der Waals surface area contributed by atoms with E-state index in [4.69, 9.17) is 5.73 Å². The van der Waals surface area contributed by atoms with Crippen LogP contribution in [-0.4, -0.2) is 36.1 Å². The van der Waals surface area contributed by atoms with Crippen LogP contribution in [0.2, 0.25) is 0 Å². The minimum Gasteiger partial charge on any atom is -0.370 e. The lowest BCUT2D eigenvalue weighted by Crippen LogP contribution is -2.52. The Kier molecular flexibility index (Phi) is 1.26. The Morgan fingerprint density at radius 3 is 3.17 bits per heavy atom. The first-order valence-corrected chi connectivity index (χ1v) is 3.46. The van der Waals surface area contributed by atoms with Crippen LogP contribution in [0.4, 0.5) is 0 Å². The van der Waals surface area contributed by atoms with Crippen LogP contribution in [0.15, 0.2) is 15.3 Å². The summed E-state index contributed by atoms with van der Waals surface area (Å²) in [7, 11) is 1.70. The number of nitrogens with zero attached hydrogens (tertiary/aromatic N) is 4. The normalized spacial score (nSPS) is 32.9. The molecule has 0 aromatic carbocycles. The first-order valence-electron chi connectivity index (χ1n) is 3.46. The zero-order valence-corrected chi connectivity index (χ0v) is 6.43. The molecule has 7 heteroatoms. The molecule has 2 aliphatic heterocycles. The lowest BCUT2D eigenvalue weighted by Gasteiger charge is -2.22. The molecule has 2 aliphatic rings. The Hall–Kier alpha value is -1.66. The Labute approximate surface area is 68.3 Å². The standard InChI is InChI=1S/C5H8N6O/c1-11-3-2(9-10-11)4(12)8-5(6)7-3/h2-3H,1H3,(H3,6,7,8,12). The van der Waals surface area contributed by atoms with Crippen molar-refractivity contribution in [2.75, 3.05) is 7.05 Å². The first-order chi connectivity index (χ1) is 5.68.